The van der Waals surface area contributed by atoms with Gasteiger partial charge in [0, 0.05) is 25.7 Å². The van der Waals surface area contributed by atoms with E-state index in [1.54, 1.807) is 31.4 Å². The number of likely N-dealkylation sites (tertiary alicyclic amines) is 1. The minimum absolute atomic E-state index is 0.0132. The van der Waals surface area contributed by atoms with Crippen molar-refractivity contribution in [2.24, 2.45) is 0 Å². The number of fused-ring (bicyclic) bond motifs is 1. The third-order valence-corrected chi connectivity index (χ3v) is 6.37. The van der Waals surface area contributed by atoms with Gasteiger partial charge in [-0.15, -0.1) is 0 Å². The summed E-state index contributed by atoms with van der Waals surface area (Å²) in [7, 11) is 0. The number of carbonyl (C=O) groups excluding carboxylic acids is 2. The lowest BCUT2D eigenvalue weighted by Gasteiger charge is -2.36. The van der Waals surface area contributed by atoms with Crippen LogP contribution in [0.3, 0.4) is 0 Å². The average molecular weight is 478 g/mol. The summed E-state index contributed by atoms with van der Waals surface area (Å²) in [5.74, 6) is -0.0172. The molecule has 4 rings (SSSR count). The van der Waals surface area contributed by atoms with Crippen LogP contribution in [0.15, 0.2) is 18.2 Å². The number of benzene rings is 1. The summed E-state index contributed by atoms with van der Waals surface area (Å²) in [5, 5.41) is 2.63. The molecule has 2 fully saturated rings. The molecule has 0 spiro atoms. The Kier molecular flexibility index (Phi) is 6.69. The lowest BCUT2D eigenvalue weighted by Crippen LogP contribution is -2.55. The van der Waals surface area contributed by atoms with Crippen molar-refractivity contribution in [1.82, 2.24) is 19.8 Å². The molecule has 0 radical (unpaired) electrons. The number of hydrogen-bond donors (Lipinski definition) is 1. The summed E-state index contributed by atoms with van der Waals surface area (Å²) < 4.78 is 35.8. The zero-order chi connectivity index (χ0) is 24.6. The maximum absolute atomic E-state index is 14.7. The van der Waals surface area contributed by atoms with Crippen molar-refractivity contribution in [3.05, 3.63) is 24.0 Å². The van der Waals surface area contributed by atoms with E-state index in [0.29, 0.717) is 30.1 Å². The Morgan fingerprint density at radius 2 is 2.00 bits per heavy atom. The van der Waals surface area contributed by atoms with E-state index in [1.165, 1.54) is 12.1 Å². The second-order valence-electron chi connectivity index (χ2n) is 10.2. The molecule has 3 heterocycles. The van der Waals surface area contributed by atoms with E-state index in [2.05, 4.69) is 10.3 Å². The van der Waals surface area contributed by atoms with Crippen molar-refractivity contribution in [1.29, 1.82) is 0 Å². The highest BCUT2D eigenvalue weighted by molar-refractivity contribution is 5.83. The molecule has 0 unspecified atom stereocenters. The van der Waals surface area contributed by atoms with Crippen molar-refractivity contribution in [2.45, 2.75) is 77.4 Å². The number of rotatable bonds is 4. The number of ether oxygens (including phenoxy) is 1. The second-order valence-corrected chi connectivity index (χ2v) is 10.2. The minimum atomic E-state index is -1.24. The van der Waals surface area contributed by atoms with Crippen molar-refractivity contribution >= 4 is 29.0 Å². The van der Waals surface area contributed by atoms with Crippen LogP contribution in [-0.4, -0.2) is 69.9 Å². The van der Waals surface area contributed by atoms with Crippen LogP contribution >= 0.6 is 0 Å². The number of anilines is 1. The standard InChI is InChI=1S/C24H33F2N5O3/c1-15-6-5-10-30(15)21(32)14-31-20-12-16(25)7-8-18(20)27-22(31)29-11-9-17(26)19(13-29)28-23(33)34-24(2,3)4/h7-8,12,15,17,19H,5-6,9-11,13-14H2,1-4H3,(H,28,33)/t15-,17+,19+/m0/s1. The Morgan fingerprint density at radius 3 is 2.68 bits per heavy atom. The van der Waals surface area contributed by atoms with Crippen molar-refractivity contribution in [3.63, 3.8) is 0 Å². The van der Waals surface area contributed by atoms with Crippen molar-refractivity contribution in [2.75, 3.05) is 24.5 Å². The van der Waals surface area contributed by atoms with Crippen LogP contribution in [-0.2, 0) is 16.1 Å². The van der Waals surface area contributed by atoms with Gasteiger partial charge in [-0.25, -0.2) is 18.6 Å². The zero-order valence-electron chi connectivity index (χ0n) is 20.2. The number of aromatic nitrogens is 2. The molecular weight excluding hydrogens is 444 g/mol. The molecule has 3 atom stereocenters. The number of piperidine rings is 1. The largest absolute Gasteiger partial charge is 0.444 e. The molecule has 2 aromatic rings. The third kappa shape index (κ3) is 5.26. The molecule has 10 heteroatoms. The third-order valence-electron chi connectivity index (χ3n) is 6.37. The summed E-state index contributed by atoms with van der Waals surface area (Å²) in [6.07, 6.45) is 0.165. The molecule has 0 aliphatic carbocycles. The number of amides is 2. The molecule has 1 aromatic heterocycles. The van der Waals surface area contributed by atoms with Gasteiger partial charge < -0.3 is 24.4 Å². The molecule has 0 saturated carbocycles. The average Bonchev–Trinajstić information content (AvgIpc) is 3.32. The SMILES string of the molecule is C[C@H]1CCCN1C(=O)Cn1c(N2CC[C@@H](F)[C@H](NC(=O)OC(C)(C)C)C2)nc2ccc(F)cc21. The molecule has 186 valence electrons. The van der Waals surface area contributed by atoms with E-state index in [9.17, 15) is 18.4 Å². The van der Waals surface area contributed by atoms with Gasteiger partial charge in [0.15, 0.2) is 0 Å². The number of carbonyl (C=O) groups is 2. The van der Waals surface area contributed by atoms with Crippen LogP contribution in [0.25, 0.3) is 11.0 Å². The van der Waals surface area contributed by atoms with E-state index < -0.39 is 29.7 Å². The molecule has 2 aliphatic heterocycles. The lowest BCUT2D eigenvalue weighted by molar-refractivity contribution is -0.132. The first-order chi connectivity index (χ1) is 16.0. The Morgan fingerprint density at radius 1 is 1.24 bits per heavy atom. The Labute approximate surface area is 198 Å². The van der Waals surface area contributed by atoms with E-state index >= 15 is 0 Å². The number of halogens is 2. The Hall–Kier alpha value is -2.91. The molecule has 2 amide bonds. The summed E-state index contributed by atoms with van der Waals surface area (Å²) >= 11 is 0. The van der Waals surface area contributed by atoms with Gasteiger partial charge in [-0.1, -0.05) is 0 Å². The first-order valence-corrected chi connectivity index (χ1v) is 11.9. The maximum atomic E-state index is 14.7. The fraction of sp³-hybridized carbons (Fsp3) is 0.625. The van der Waals surface area contributed by atoms with Crippen molar-refractivity contribution < 1.29 is 23.1 Å². The summed E-state index contributed by atoms with van der Waals surface area (Å²) in [5.41, 5.74) is 0.363. The summed E-state index contributed by atoms with van der Waals surface area (Å²) in [4.78, 5) is 33.7. The van der Waals surface area contributed by atoms with Gasteiger partial charge >= 0.3 is 6.09 Å². The van der Waals surface area contributed by atoms with Gasteiger partial charge in [-0.3, -0.25) is 4.79 Å². The number of alkyl carbamates (subject to hydrolysis) is 1. The molecule has 1 N–H and O–H groups in total. The summed E-state index contributed by atoms with van der Waals surface area (Å²) in [6.45, 7) is 8.47. The molecule has 8 nitrogen and oxygen atoms in total. The maximum Gasteiger partial charge on any atom is 0.408 e. The monoisotopic (exact) mass is 477 g/mol. The normalized spacial score (nSPS) is 23.4. The molecule has 0 bridgehead atoms. The number of imidazole rings is 1. The Bertz CT molecular complexity index is 1070. The second kappa shape index (κ2) is 9.38. The van der Waals surface area contributed by atoms with Gasteiger partial charge in [0.2, 0.25) is 11.9 Å². The van der Waals surface area contributed by atoms with Gasteiger partial charge in [0.1, 0.15) is 24.1 Å². The number of hydrogen-bond acceptors (Lipinski definition) is 5. The first kappa shape index (κ1) is 24.2. The van der Waals surface area contributed by atoms with E-state index in [-0.39, 0.29) is 31.5 Å². The van der Waals surface area contributed by atoms with E-state index in [1.807, 2.05) is 16.7 Å². The van der Waals surface area contributed by atoms with Crippen LogP contribution in [0, 0.1) is 5.82 Å². The van der Waals surface area contributed by atoms with Gasteiger partial charge in [0.05, 0.1) is 17.1 Å². The van der Waals surface area contributed by atoms with Gasteiger partial charge in [0.25, 0.3) is 0 Å². The quantitative estimate of drug-likeness (QED) is 0.728. The van der Waals surface area contributed by atoms with Gasteiger partial charge in [-0.2, -0.15) is 0 Å². The molecule has 2 aliphatic rings. The predicted octanol–water partition coefficient (Wildman–Crippen LogP) is 3.63. The van der Waals surface area contributed by atoms with Crippen LogP contribution in [0.2, 0.25) is 0 Å². The van der Waals surface area contributed by atoms with Crippen LogP contribution < -0.4 is 10.2 Å². The molecular formula is C24H33F2N5O3. The molecule has 34 heavy (non-hydrogen) atoms. The fourth-order valence-corrected chi connectivity index (χ4v) is 4.71. The zero-order valence-corrected chi connectivity index (χ0v) is 20.2. The van der Waals surface area contributed by atoms with Gasteiger partial charge in [-0.05, 0) is 65.2 Å². The predicted molar refractivity (Wildman–Crippen MR) is 125 cm³/mol. The summed E-state index contributed by atoms with van der Waals surface area (Å²) in [6, 6.07) is 3.63. The smallest absolute Gasteiger partial charge is 0.408 e. The minimum Gasteiger partial charge on any atom is -0.444 e. The van der Waals surface area contributed by atoms with E-state index in [4.69, 9.17) is 4.74 Å². The molecule has 2 saturated heterocycles. The number of alkyl halides is 1. The molecule has 1 aromatic carbocycles. The first-order valence-electron chi connectivity index (χ1n) is 11.9. The van der Waals surface area contributed by atoms with E-state index in [0.717, 1.165) is 12.8 Å². The topological polar surface area (TPSA) is 79.7 Å². The highest BCUT2D eigenvalue weighted by Gasteiger charge is 2.34. The number of nitrogens with zero attached hydrogens (tertiary/aromatic N) is 4. The van der Waals surface area contributed by atoms with Crippen LogP contribution in [0.1, 0.15) is 47.0 Å². The van der Waals surface area contributed by atoms with Crippen molar-refractivity contribution in [3.8, 4) is 0 Å². The Balaban J connectivity index is 1.60. The highest BCUT2D eigenvalue weighted by atomic mass is 19.1. The highest BCUT2D eigenvalue weighted by Crippen LogP contribution is 2.28. The van der Waals surface area contributed by atoms with Crippen LogP contribution in [0.4, 0.5) is 19.5 Å². The number of nitrogens with one attached hydrogen (secondary N) is 1. The fourth-order valence-electron chi connectivity index (χ4n) is 4.71. The van der Waals surface area contributed by atoms with Crippen LogP contribution in [0.5, 0.6) is 0 Å². The lowest BCUT2D eigenvalue weighted by atomic mass is 10.0.